The number of rotatable bonds is 7. The molecule has 1 aromatic rings. The average molecular weight is 273 g/mol. The molecule has 0 nitrogen and oxygen atoms in total. The molecule has 0 bridgehead atoms. The van der Waals surface area contributed by atoms with E-state index in [4.69, 9.17) is 11.2 Å². The number of hydrogen-bond donors (Lipinski definition) is 0. The molecule has 0 saturated carbocycles. The van der Waals surface area contributed by atoms with Gasteiger partial charge in [0.1, 0.15) is 0 Å². The summed E-state index contributed by atoms with van der Waals surface area (Å²) in [4.78, 5) is 0. The van der Waals surface area contributed by atoms with Crippen LogP contribution in [-0.2, 0) is 0 Å². The molecule has 0 fully saturated rings. The summed E-state index contributed by atoms with van der Waals surface area (Å²) in [5.41, 5.74) is 0. The van der Waals surface area contributed by atoms with Gasteiger partial charge in [0.25, 0.3) is 0 Å². The van der Waals surface area contributed by atoms with Gasteiger partial charge in [-0.25, -0.2) is 0 Å². The molecule has 1 aromatic carbocycles. The summed E-state index contributed by atoms with van der Waals surface area (Å²) in [7, 11) is 0. The van der Waals surface area contributed by atoms with Crippen molar-refractivity contribution in [1.29, 1.82) is 0 Å². The van der Waals surface area contributed by atoms with Crippen LogP contribution in [0.1, 0.15) is 40.0 Å². The van der Waals surface area contributed by atoms with Gasteiger partial charge in [-0.15, -0.1) is 0 Å². The monoisotopic (exact) mass is 272 g/mol. The van der Waals surface area contributed by atoms with Crippen LogP contribution in [0.3, 0.4) is 0 Å². The van der Waals surface area contributed by atoms with Crippen molar-refractivity contribution < 1.29 is 0 Å². The zero-order chi connectivity index (χ0) is 12.8. The Morgan fingerprint density at radius 2 is 1.24 bits per heavy atom. The summed E-state index contributed by atoms with van der Waals surface area (Å²) < 4.78 is 0. The third-order valence-electron chi connectivity index (χ3n) is 3.61. The average Bonchev–Trinajstić information content (AvgIpc) is 2.31. The SMILES string of the molecule is CCCP(Cl)(CCC)(CCC)c1ccccc1. The van der Waals surface area contributed by atoms with Crippen molar-refractivity contribution in [1.82, 2.24) is 0 Å². The molecule has 98 valence electrons. The molecule has 17 heavy (non-hydrogen) atoms. The first-order valence-corrected chi connectivity index (χ1v) is 10.6. The summed E-state index contributed by atoms with van der Waals surface area (Å²) in [6.07, 6.45) is 7.15. The van der Waals surface area contributed by atoms with Crippen molar-refractivity contribution in [2.24, 2.45) is 0 Å². The van der Waals surface area contributed by atoms with Crippen molar-refractivity contribution in [3.8, 4) is 0 Å². The van der Waals surface area contributed by atoms with E-state index in [0.717, 1.165) is 0 Å². The quantitative estimate of drug-likeness (QED) is 0.595. The molecule has 1 rings (SSSR count). The van der Waals surface area contributed by atoms with Crippen LogP contribution in [0.4, 0.5) is 0 Å². The van der Waals surface area contributed by atoms with Crippen molar-refractivity contribution >= 4 is 22.5 Å². The summed E-state index contributed by atoms with van der Waals surface area (Å²) in [5.74, 6) is -2.18. The van der Waals surface area contributed by atoms with Crippen molar-refractivity contribution in [2.75, 3.05) is 18.5 Å². The molecule has 2 heteroatoms. The van der Waals surface area contributed by atoms with Gasteiger partial charge >= 0.3 is 111 Å². The van der Waals surface area contributed by atoms with Gasteiger partial charge < -0.3 is 0 Å². The van der Waals surface area contributed by atoms with E-state index in [9.17, 15) is 0 Å². The minimum absolute atomic E-state index is 1.19. The van der Waals surface area contributed by atoms with E-state index in [2.05, 4.69) is 51.1 Å². The van der Waals surface area contributed by atoms with Crippen molar-refractivity contribution in [3.63, 3.8) is 0 Å². The summed E-state index contributed by atoms with van der Waals surface area (Å²) in [5, 5.41) is 1.44. The van der Waals surface area contributed by atoms with Crippen molar-refractivity contribution in [2.45, 2.75) is 40.0 Å². The van der Waals surface area contributed by atoms with Gasteiger partial charge in [0, 0.05) is 0 Å². The Morgan fingerprint density at radius 1 is 0.824 bits per heavy atom. The molecule has 0 unspecified atom stereocenters. The van der Waals surface area contributed by atoms with Crippen LogP contribution in [0.25, 0.3) is 0 Å². The third-order valence-corrected chi connectivity index (χ3v) is 11.7. The maximum atomic E-state index is 7.35. The normalized spacial score (nSPS) is 14.2. The van der Waals surface area contributed by atoms with Crippen LogP contribution in [0.2, 0.25) is 0 Å². The Bertz CT molecular complexity index is 314. The molecule has 0 N–H and O–H groups in total. The van der Waals surface area contributed by atoms with Gasteiger partial charge in [-0.1, -0.05) is 0 Å². The Kier molecular flexibility index (Phi) is 5.48. The molecular weight excluding hydrogens is 247 g/mol. The second-order valence-electron chi connectivity index (χ2n) is 5.09. The second kappa shape index (κ2) is 6.21. The molecule has 0 spiro atoms. The van der Waals surface area contributed by atoms with Gasteiger partial charge in [-0.05, 0) is 0 Å². The zero-order valence-corrected chi connectivity index (χ0v) is 13.1. The number of benzene rings is 1. The van der Waals surface area contributed by atoms with Crippen LogP contribution in [0, 0.1) is 0 Å². The molecule has 0 aliphatic carbocycles. The van der Waals surface area contributed by atoms with E-state index in [-0.39, 0.29) is 0 Å². The van der Waals surface area contributed by atoms with E-state index in [1.807, 2.05) is 0 Å². The standard InChI is InChI=1S/C15H26ClP/c1-4-12-17(16,13-5-2,14-6-3)15-10-8-7-9-11-15/h7-11H,4-6,12-14H2,1-3H3. The van der Waals surface area contributed by atoms with E-state index in [1.54, 1.807) is 0 Å². The summed E-state index contributed by atoms with van der Waals surface area (Å²) in [6.45, 7) is 6.79. The summed E-state index contributed by atoms with van der Waals surface area (Å²) >= 11 is 7.35. The topological polar surface area (TPSA) is 0 Å². The van der Waals surface area contributed by atoms with Gasteiger partial charge in [0.2, 0.25) is 0 Å². The Morgan fingerprint density at radius 3 is 1.59 bits per heavy atom. The maximum absolute atomic E-state index is 7.35. The molecule has 0 radical (unpaired) electrons. The second-order valence-corrected chi connectivity index (χ2v) is 12.8. The Hall–Kier alpha value is -0.0600. The molecule has 0 atom stereocenters. The van der Waals surface area contributed by atoms with Gasteiger partial charge in [0.05, 0.1) is 0 Å². The van der Waals surface area contributed by atoms with E-state index in [0.29, 0.717) is 0 Å². The number of hydrogen-bond acceptors (Lipinski definition) is 0. The number of halogens is 1. The fourth-order valence-corrected chi connectivity index (χ4v) is 10.4. The Balaban J connectivity index is 3.23. The van der Waals surface area contributed by atoms with Gasteiger partial charge in [-0.3, -0.25) is 0 Å². The first-order chi connectivity index (χ1) is 8.09. The van der Waals surface area contributed by atoms with Gasteiger partial charge in [-0.2, -0.15) is 0 Å². The molecule has 0 saturated heterocycles. The fourth-order valence-electron chi connectivity index (χ4n) is 3.06. The third kappa shape index (κ3) is 3.24. The van der Waals surface area contributed by atoms with Gasteiger partial charge in [0.15, 0.2) is 0 Å². The molecular formula is C15H26ClP. The molecule has 0 aromatic heterocycles. The predicted octanol–water partition coefficient (Wildman–Crippen LogP) is 5.25. The molecule has 0 heterocycles. The zero-order valence-electron chi connectivity index (χ0n) is 11.5. The fraction of sp³-hybridized carbons (Fsp3) is 0.600. The van der Waals surface area contributed by atoms with Crippen LogP contribution in [0.15, 0.2) is 30.3 Å². The minimum atomic E-state index is -2.18. The Labute approximate surface area is 111 Å². The predicted molar refractivity (Wildman–Crippen MR) is 84.3 cm³/mol. The van der Waals surface area contributed by atoms with E-state index >= 15 is 0 Å². The van der Waals surface area contributed by atoms with Crippen LogP contribution >= 0.6 is 17.2 Å². The molecule has 0 aliphatic rings. The summed E-state index contributed by atoms with van der Waals surface area (Å²) in [6, 6.07) is 10.9. The van der Waals surface area contributed by atoms with Crippen LogP contribution < -0.4 is 5.30 Å². The molecule has 0 amide bonds. The first kappa shape index (κ1) is 15.0. The van der Waals surface area contributed by atoms with Crippen molar-refractivity contribution in [3.05, 3.63) is 30.3 Å². The van der Waals surface area contributed by atoms with E-state index in [1.165, 1.54) is 43.1 Å². The van der Waals surface area contributed by atoms with Crippen LogP contribution in [0.5, 0.6) is 0 Å². The van der Waals surface area contributed by atoms with E-state index < -0.39 is 5.96 Å². The van der Waals surface area contributed by atoms with Crippen LogP contribution in [-0.4, -0.2) is 18.5 Å². The molecule has 0 aliphatic heterocycles. The first-order valence-electron chi connectivity index (χ1n) is 6.87.